The summed E-state index contributed by atoms with van der Waals surface area (Å²) in [5.41, 5.74) is 3.65. The van der Waals surface area contributed by atoms with Gasteiger partial charge in [-0.25, -0.2) is 0 Å². The molecular formula is C16H20O2. The van der Waals surface area contributed by atoms with Crippen molar-refractivity contribution in [2.75, 3.05) is 6.61 Å². The molecule has 0 N–H and O–H groups in total. The molecule has 2 nitrogen and oxygen atoms in total. The predicted octanol–water partition coefficient (Wildman–Crippen LogP) is 3.74. The van der Waals surface area contributed by atoms with Crippen molar-refractivity contribution in [1.29, 1.82) is 0 Å². The van der Waals surface area contributed by atoms with Crippen LogP contribution in [0.3, 0.4) is 0 Å². The number of hydrogen-bond donors (Lipinski definition) is 0. The lowest BCUT2D eigenvalue weighted by molar-refractivity contribution is -0.146. The first kappa shape index (κ1) is 12.9. The molecule has 1 aliphatic rings. The van der Waals surface area contributed by atoms with Gasteiger partial charge in [0.2, 0.25) is 0 Å². The predicted molar refractivity (Wildman–Crippen MR) is 73.1 cm³/mol. The second-order valence-electron chi connectivity index (χ2n) is 4.83. The van der Waals surface area contributed by atoms with Crippen LogP contribution in [0.25, 0.3) is 6.08 Å². The normalized spacial score (nSPS) is 21.2. The molecule has 0 unspecified atom stereocenters. The Balaban J connectivity index is 2.15. The van der Waals surface area contributed by atoms with E-state index in [2.05, 4.69) is 37.3 Å². The summed E-state index contributed by atoms with van der Waals surface area (Å²) in [6, 6.07) is 8.40. The molecule has 1 saturated carbocycles. The highest BCUT2D eigenvalue weighted by Gasteiger charge is 2.28. The summed E-state index contributed by atoms with van der Waals surface area (Å²) in [4.78, 5) is 11.8. The van der Waals surface area contributed by atoms with E-state index in [0.29, 0.717) is 6.61 Å². The third-order valence-electron chi connectivity index (χ3n) is 3.41. The van der Waals surface area contributed by atoms with Crippen LogP contribution in [-0.4, -0.2) is 12.6 Å². The van der Waals surface area contributed by atoms with Crippen LogP contribution < -0.4 is 0 Å². The molecular weight excluding hydrogens is 224 g/mol. The van der Waals surface area contributed by atoms with Crippen molar-refractivity contribution in [3.8, 4) is 0 Å². The van der Waals surface area contributed by atoms with Crippen LogP contribution >= 0.6 is 0 Å². The molecule has 0 aliphatic heterocycles. The van der Waals surface area contributed by atoms with Crippen LogP contribution in [0.5, 0.6) is 0 Å². The lowest BCUT2D eigenvalue weighted by atomic mass is 10.00. The average molecular weight is 244 g/mol. The quantitative estimate of drug-likeness (QED) is 0.757. The number of rotatable bonds is 3. The molecule has 1 aromatic carbocycles. The summed E-state index contributed by atoms with van der Waals surface area (Å²) >= 11 is 0. The van der Waals surface area contributed by atoms with Crippen molar-refractivity contribution in [2.45, 2.75) is 33.1 Å². The number of carbonyl (C=O) groups is 1. The summed E-state index contributed by atoms with van der Waals surface area (Å²) in [6.07, 6.45) is 5.17. The van der Waals surface area contributed by atoms with Crippen LogP contribution in [0.1, 0.15) is 37.3 Å². The fourth-order valence-corrected chi connectivity index (χ4v) is 2.43. The van der Waals surface area contributed by atoms with Crippen molar-refractivity contribution in [2.24, 2.45) is 5.92 Å². The van der Waals surface area contributed by atoms with Crippen LogP contribution in [0.15, 0.2) is 29.8 Å². The van der Waals surface area contributed by atoms with Gasteiger partial charge in [-0.15, -0.1) is 0 Å². The Labute approximate surface area is 109 Å². The third kappa shape index (κ3) is 3.00. The van der Waals surface area contributed by atoms with E-state index in [1.165, 1.54) is 16.7 Å². The molecule has 1 aliphatic carbocycles. The lowest BCUT2D eigenvalue weighted by Gasteiger charge is -2.10. The van der Waals surface area contributed by atoms with E-state index in [1.807, 2.05) is 6.92 Å². The number of esters is 1. The fourth-order valence-electron chi connectivity index (χ4n) is 2.43. The van der Waals surface area contributed by atoms with Crippen LogP contribution in [0.2, 0.25) is 0 Å². The first-order chi connectivity index (χ1) is 8.70. The van der Waals surface area contributed by atoms with E-state index >= 15 is 0 Å². The lowest BCUT2D eigenvalue weighted by Crippen LogP contribution is -2.16. The maximum Gasteiger partial charge on any atom is 0.313 e. The number of hydrogen-bond acceptors (Lipinski definition) is 2. The SMILES string of the molecule is CCOC(=O)[C@H]1CCC/C1=C\c1ccc(C)cc1. The molecule has 18 heavy (non-hydrogen) atoms. The van der Waals surface area contributed by atoms with Gasteiger partial charge in [-0.3, -0.25) is 4.79 Å². The minimum atomic E-state index is -0.0617. The molecule has 0 spiro atoms. The van der Waals surface area contributed by atoms with Crippen molar-refractivity contribution in [3.63, 3.8) is 0 Å². The van der Waals surface area contributed by atoms with Crippen molar-refractivity contribution in [1.82, 2.24) is 0 Å². The Morgan fingerprint density at radius 3 is 2.78 bits per heavy atom. The fraction of sp³-hybridized carbons (Fsp3) is 0.438. The van der Waals surface area contributed by atoms with Gasteiger partial charge in [0.1, 0.15) is 0 Å². The molecule has 1 atom stereocenters. The van der Waals surface area contributed by atoms with Crippen molar-refractivity contribution < 1.29 is 9.53 Å². The first-order valence-corrected chi connectivity index (χ1v) is 6.64. The molecule has 0 aromatic heterocycles. The van der Waals surface area contributed by atoms with Crippen LogP contribution in [0, 0.1) is 12.8 Å². The van der Waals surface area contributed by atoms with Crippen molar-refractivity contribution in [3.05, 3.63) is 41.0 Å². The van der Waals surface area contributed by atoms with Gasteiger partial charge >= 0.3 is 5.97 Å². The van der Waals surface area contributed by atoms with Gasteiger partial charge in [0.15, 0.2) is 0 Å². The minimum Gasteiger partial charge on any atom is -0.466 e. The highest BCUT2D eigenvalue weighted by Crippen LogP contribution is 2.33. The highest BCUT2D eigenvalue weighted by molar-refractivity contribution is 5.78. The minimum absolute atomic E-state index is 0.0220. The molecule has 0 bridgehead atoms. The Kier molecular flexibility index (Phi) is 4.19. The average Bonchev–Trinajstić information content (AvgIpc) is 2.81. The molecule has 0 heterocycles. The van der Waals surface area contributed by atoms with E-state index in [4.69, 9.17) is 4.74 Å². The number of aryl methyl sites for hydroxylation is 1. The maximum atomic E-state index is 11.8. The molecule has 1 aromatic rings. The molecule has 2 rings (SSSR count). The molecule has 0 amide bonds. The monoisotopic (exact) mass is 244 g/mol. The van der Waals surface area contributed by atoms with E-state index in [9.17, 15) is 4.79 Å². The van der Waals surface area contributed by atoms with E-state index < -0.39 is 0 Å². The summed E-state index contributed by atoms with van der Waals surface area (Å²) in [5.74, 6) is -0.0837. The van der Waals surface area contributed by atoms with E-state index in [0.717, 1.165) is 19.3 Å². The number of ether oxygens (including phenoxy) is 1. The maximum absolute atomic E-state index is 11.8. The third-order valence-corrected chi connectivity index (χ3v) is 3.41. The van der Waals surface area contributed by atoms with Gasteiger partial charge < -0.3 is 4.74 Å². The summed E-state index contributed by atoms with van der Waals surface area (Å²) in [5, 5.41) is 0. The molecule has 96 valence electrons. The van der Waals surface area contributed by atoms with Gasteiger partial charge in [0.25, 0.3) is 0 Å². The zero-order chi connectivity index (χ0) is 13.0. The second-order valence-corrected chi connectivity index (χ2v) is 4.83. The Hall–Kier alpha value is -1.57. The smallest absolute Gasteiger partial charge is 0.313 e. The molecule has 0 radical (unpaired) electrons. The summed E-state index contributed by atoms with van der Waals surface area (Å²) in [7, 11) is 0. The zero-order valence-corrected chi connectivity index (χ0v) is 11.1. The Bertz CT molecular complexity index is 443. The summed E-state index contributed by atoms with van der Waals surface area (Å²) in [6.45, 7) is 4.40. The molecule has 0 saturated heterocycles. The molecule has 2 heteroatoms. The van der Waals surface area contributed by atoms with Gasteiger partial charge in [0.05, 0.1) is 12.5 Å². The van der Waals surface area contributed by atoms with Crippen molar-refractivity contribution >= 4 is 12.0 Å². The first-order valence-electron chi connectivity index (χ1n) is 6.64. The number of carbonyl (C=O) groups excluding carboxylic acids is 1. The largest absolute Gasteiger partial charge is 0.466 e. The highest BCUT2D eigenvalue weighted by atomic mass is 16.5. The standard InChI is InChI=1S/C16H20O2/c1-3-18-16(17)15-6-4-5-14(15)11-13-9-7-12(2)8-10-13/h7-11,15H,3-6H2,1-2H3/b14-11+/t15-/m0/s1. The van der Waals surface area contributed by atoms with Crippen LogP contribution in [0.4, 0.5) is 0 Å². The van der Waals surface area contributed by atoms with E-state index in [-0.39, 0.29) is 11.9 Å². The van der Waals surface area contributed by atoms with E-state index in [1.54, 1.807) is 0 Å². The Morgan fingerprint density at radius 2 is 2.11 bits per heavy atom. The molecule has 1 fully saturated rings. The topological polar surface area (TPSA) is 26.3 Å². The van der Waals surface area contributed by atoms with Crippen LogP contribution in [-0.2, 0) is 9.53 Å². The van der Waals surface area contributed by atoms with Gasteiger partial charge in [-0.1, -0.05) is 41.5 Å². The summed E-state index contributed by atoms with van der Waals surface area (Å²) < 4.78 is 5.13. The Morgan fingerprint density at radius 1 is 1.39 bits per heavy atom. The van der Waals surface area contributed by atoms with Gasteiger partial charge in [-0.05, 0) is 38.7 Å². The second kappa shape index (κ2) is 5.85. The zero-order valence-electron chi connectivity index (χ0n) is 11.1. The number of benzene rings is 1. The van der Waals surface area contributed by atoms with Gasteiger partial charge in [0, 0.05) is 0 Å². The van der Waals surface area contributed by atoms with Gasteiger partial charge in [-0.2, -0.15) is 0 Å².